The number of halogens is 1. The number of fused-ring (bicyclic) bond motifs is 4. The molecule has 49 heavy (non-hydrogen) atoms. The van der Waals surface area contributed by atoms with Gasteiger partial charge < -0.3 is 36.1 Å². The minimum atomic E-state index is -1.31. The van der Waals surface area contributed by atoms with E-state index in [0.29, 0.717) is 51.0 Å². The Morgan fingerprint density at radius 3 is 2.49 bits per heavy atom. The lowest BCUT2D eigenvalue weighted by Gasteiger charge is -2.61. The van der Waals surface area contributed by atoms with Crippen molar-refractivity contribution in [2.24, 2.45) is 40.1 Å². The van der Waals surface area contributed by atoms with Gasteiger partial charge in [-0.2, -0.15) is 0 Å². The highest BCUT2D eigenvalue weighted by molar-refractivity contribution is 6.20. The molecule has 2 amide bonds. The van der Waals surface area contributed by atoms with Crippen LogP contribution in [0.2, 0.25) is 0 Å². The topological polar surface area (TPSA) is 156 Å². The van der Waals surface area contributed by atoms with Crippen LogP contribution in [0.15, 0.2) is 16.8 Å². The standard InChI is InChI=1S/C36H56FN7O5/c1-36(2,3)49-35(47)43-13-6-10-22-17-42(19-27(22)43)30-25(37)16-23-29-32(30)48-28-15-21-9-5-4-8-20(21)14-26(28)44(29)18-24(31(23)45)33(46)40-11-7-12-41-34(38)39/h18,20-23,25-30,32H,4-17,19H2,1-3H3,(H,40,46)(H4,38,39,41). The monoisotopic (exact) mass is 685 g/mol. The summed E-state index contributed by atoms with van der Waals surface area (Å²) in [4.78, 5) is 51.2. The molecule has 4 aliphatic heterocycles. The van der Waals surface area contributed by atoms with Gasteiger partial charge in [-0.15, -0.1) is 0 Å². The first-order valence-corrected chi connectivity index (χ1v) is 18.8. The second-order valence-corrected chi connectivity index (χ2v) is 16.7. The van der Waals surface area contributed by atoms with Gasteiger partial charge in [-0.3, -0.25) is 19.5 Å². The Labute approximate surface area is 289 Å². The number of ketones is 1. The first-order valence-electron chi connectivity index (χ1n) is 18.8. The van der Waals surface area contributed by atoms with Crippen molar-refractivity contribution in [2.45, 2.75) is 133 Å². The van der Waals surface area contributed by atoms with Crippen molar-refractivity contribution in [3.8, 4) is 0 Å². The molecule has 11 unspecified atom stereocenters. The first kappa shape index (κ1) is 34.5. The van der Waals surface area contributed by atoms with Crippen LogP contribution in [-0.4, -0.2) is 119 Å². The molecule has 3 saturated carbocycles. The summed E-state index contributed by atoms with van der Waals surface area (Å²) >= 11 is 0. The van der Waals surface area contributed by atoms with Gasteiger partial charge >= 0.3 is 6.09 Å². The van der Waals surface area contributed by atoms with E-state index in [1.807, 2.05) is 25.7 Å². The molecule has 6 fully saturated rings. The molecule has 3 saturated heterocycles. The van der Waals surface area contributed by atoms with Crippen LogP contribution in [0.1, 0.15) is 85.0 Å². The zero-order valence-corrected chi connectivity index (χ0v) is 29.4. The lowest BCUT2D eigenvalue weighted by Crippen LogP contribution is -2.73. The molecule has 13 heteroatoms. The number of ether oxygens (including phenoxy) is 2. The van der Waals surface area contributed by atoms with E-state index in [0.717, 1.165) is 25.7 Å². The second-order valence-electron chi connectivity index (χ2n) is 16.7. The minimum Gasteiger partial charge on any atom is -0.444 e. The Hall–Kier alpha value is -2.93. The van der Waals surface area contributed by atoms with Crippen molar-refractivity contribution in [2.75, 3.05) is 32.7 Å². The first-order chi connectivity index (χ1) is 23.4. The van der Waals surface area contributed by atoms with Gasteiger partial charge in [-0.05, 0) is 77.0 Å². The number of nitrogens with one attached hydrogen (secondary N) is 1. The fourth-order valence-corrected chi connectivity index (χ4v) is 10.5. The molecule has 5 N–H and O–H groups in total. The molecule has 7 rings (SSSR count). The summed E-state index contributed by atoms with van der Waals surface area (Å²) in [5, 5.41) is 2.88. The fraction of sp³-hybridized carbons (Fsp3) is 0.833. The molecular formula is C36H56FN7O5. The molecule has 4 heterocycles. The highest BCUT2D eigenvalue weighted by atomic mass is 19.1. The van der Waals surface area contributed by atoms with Crippen molar-refractivity contribution in [1.29, 1.82) is 0 Å². The number of morpholine rings is 1. The molecule has 272 valence electrons. The van der Waals surface area contributed by atoms with Crippen LogP contribution in [0.25, 0.3) is 0 Å². The lowest BCUT2D eigenvalue weighted by atomic mass is 9.64. The van der Waals surface area contributed by atoms with Crippen molar-refractivity contribution < 1.29 is 28.2 Å². The van der Waals surface area contributed by atoms with Gasteiger partial charge in [-0.1, -0.05) is 25.7 Å². The number of carbonyl (C=O) groups is 3. The third-order valence-electron chi connectivity index (χ3n) is 12.5. The minimum absolute atomic E-state index is 0.00362. The molecule has 7 aliphatic rings. The van der Waals surface area contributed by atoms with Gasteiger partial charge in [0.25, 0.3) is 5.91 Å². The van der Waals surface area contributed by atoms with E-state index in [1.165, 1.54) is 25.7 Å². The number of amides is 2. The molecule has 0 aromatic rings. The third kappa shape index (κ3) is 6.78. The largest absolute Gasteiger partial charge is 0.444 e. The third-order valence-corrected chi connectivity index (χ3v) is 12.5. The average Bonchev–Trinajstić information content (AvgIpc) is 3.47. The number of nitrogens with zero attached hydrogens (tertiary/aromatic N) is 4. The van der Waals surface area contributed by atoms with Gasteiger partial charge in [0.1, 0.15) is 11.8 Å². The van der Waals surface area contributed by atoms with Gasteiger partial charge in [0.05, 0.1) is 41.9 Å². The number of likely N-dealkylation sites (tertiary alicyclic amines) is 2. The predicted octanol–water partition coefficient (Wildman–Crippen LogP) is 2.70. The lowest BCUT2D eigenvalue weighted by molar-refractivity contribution is -0.220. The predicted molar refractivity (Wildman–Crippen MR) is 182 cm³/mol. The summed E-state index contributed by atoms with van der Waals surface area (Å²) in [5.74, 6) is 0.0165. The quantitative estimate of drug-likeness (QED) is 0.166. The summed E-state index contributed by atoms with van der Waals surface area (Å²) in [5.41, 5.74) is 10.4. The Bertz CT molecular complexity index is 1350. The fourth-order valence-electron chi connectivity index (χ4n) is 10.5. The number of hydrogen-bond donors (Lipinski definition) is 3. The highest BCUT2D eigenvalue weighted by Gasteiger charge is 2.61. The number of rotatable bonds is 6. The van der Waals surface area contributed by atoms with E-state index in [9.17, 15) is 14.4 Å². The van der Waals surface area contributed by atoms with Crippen LogP contribution >= 0.6 is 0 Å². The van der Waals surface area contributed by atoms with Crippen molar-refractivity contribution >= 4 is 23.7 Å². The molecule has 0 radical (unpaired) electrons. The second kappa shape index (κ2) is 13.7. The number of nitrogens with two attached hydrogens (primary N) is 2. The van der Waals surface area contributed by atoms with E-state index < -0.39 is 35.7 Å². The van der Waals surface area contributed by atoms with Crippen LogP contribution in [0.4, 0.5) is 9.18 Å². The van der Waals surface area contributed by atoms with E-state index in [1.54, 1.807) is 6.20 Å². The zero-order valence-electron chi connectivity index (χ0n) is 29.4. The Kier molecular flexibility index (Phi) is 9.62. The Morgan fingerprint density at radius 2 is 1.76 bits per heavy atom. The van der Waals surface area contributed by atoms with Crippen LogP contribution in [0, 0.1) is 23.7 Å². The molecular weight excluding hydrogens is 629 g/mol. The molecule has 0 spiro atoms. The smallest absolute Gasteiger partial charge is 0.410 e. The average molecular weight is 686 g/mol. The molecule has 3 aliphatic carbocycles. The summed E-state index contributed by atoms with van der Waals surface area (Å²) in [6, 6.07) is -0.879. The van der Waals surface area contributed by atoms with Crippen LogP contribution in [0.5, 0.6) is 0 Å². The molecule has 0 aromatic carbocycles. The van der Waals surface area contributed by atoms with E-state index >= 15 is 4.39 Å². The summed E-state index contributed by atoms with van der Waals surface area (Å²) in [7, 11) is 0. The number of Topliss-reactive ketones (excluding diaryl/α,β-unsaturated/α-hetero) is 1. The molecule has 11 atom stereocenters. The summed E-state index contributed by atoms with van der Waals surface area (Å²) < 4.78 is 29.7. The number of carbonyl (C=O) groups excluding carboxylic acids is 3. The zero-order chi connectivity index (χ0) is 34.6. The number of aliphatic imine (C=N–C) groups is 1. The maximum atomic E-state index is 16.8. The van der Waals surface area contributed by atoms with Crippen LogP contribution in [-0.2, 0) is 19.1 Å². The van der Waals surface area contributed by atoms with Gasteiger partial charge in [0.2, 0.25) is 0 Å². The number of alkyl halides is 1. The van der Waals surface area contributed by atoms with Crippen molar-refractivity contribution in [3.63, 3.8) is 0 Å². The van der Waals surface area contributed by atoms with Crippen LogP contribution in [0.3, 0.4) is 0 Å². The van der Waals surface area contributed by atoms with E-state index in [2.05, 4.69) is 20.1 Å². The normalized spacial score (nSPS) is 38.7. The molecule has 12 nitrogen and oxygen atoms in total. The summed E-state index contributed by atoms with van der Waals surface area (Å²) in [6.07, 6.45) is 8.78. The van der Waals surface area contributed by atoms with Gasteiger partial charge in [0.15, 0.2) is 11.7 Å². The maximum absolute atomic E-state index is 16.8. The molecule has 0 aromatic heterocycles. The summed E-state index contributed by atoms with van der Waals surface area (Å²) in [6.45, 7) is 8.20. The molecule has 0 bridgehead atoms. The SMILES string of the molecule is CC(C)(C)OC(=O)N1CCCC2CN(C3C(F)CC4C(=O)C(C(=O)NCCCN=C(N)N)=CN5C6CC7CCCCC7CC6OC3C45)CC21. The van der Waals surface area contributed by atoms with Gasteiger partial charge in [-0.25, -0.2) is 9.18 Å². The number of hydrogen-bond acceptors (Lipinski definition) is 8. The van der Waals surface area contributed by atoms with Crippen molar-refractivity contribution in [3.05, 3.63) is 11.8 Å². The van der Waals surface area contributed by atoms with E-state index in [-0.39, 0.29) is 60.0 Å². The van der Waals surface area contributed by atoms with Crippen LogP contribution < -0.4 is 16.8 Å². The maximum Gasteiger partial charge on any atom is 0.410 e. The van der Waals surface area contributed by atoms with E-state index in [4.69, 9.17) is 20.9 Å². The highest BCUT2D eigenvalue weighted by Crippen LogP contribution is 2.51. The van der Waals surface area contributed by atoms with Gasteiger partial charge in [0, 0.05) is 44.8 Å². The Morgan fingerprint density at radius 1 is 1.02 bits per heavy atom. The number of piperidine rings is 1. The Balaban J connectivity index is 1.16. The van der Waals surface area contributed by atoms with Crippen molar-refractivity contribution in [1.82, 2.24) is 20.0 Å². The number of guanidine groups is 1.